The molecule has 0 spiro atoms. The summed E-state index contributed by atoms with van der Waals surface area (Å²) in [5.41, 5.74) is 4.46. The van der Waals surface area contributed by atoms with E-state index >= 15 is 0 Å². The molecule has 0 atom stereocenters. The first-order valence-corrected chi connectivity index (χ1v) is 17.1. The van der Waals surface area contributed by atoms with E-state index in [1.807, 2.05) is 50.2 Å². The molecular weight excluding hydrogens is 830 g/mol. The smallest absolute Gasteiger partial charge is 0.282 e. The molecule has 0 fully saturated rings. The van der Waals surface area contributed by atoms with Gasteiger partial charge in [0.15, 0.2) is 12.4 Å². The van der Waals surface area contributed by atoms with Gasteiger partial charge in [0.05, 0.1) is 30.9 Å². The summed E-state index contributed by atoms with van der Waals surface area (Å²) in [6.45, 7) is 8.56. The summed E-state index contributed by atoms with van der Waals surface area (Å²) in [7, 11) is 0. The lowest BCUT2D eigenvalue weighted by atomic mass is 9.96. The van der Waals surface area contributed by atoms with Crippen LogP contribution < -0.4 is 20.3 Å². The Hall–Kier alpha value is -3.49. The summed E-state index contributed by atoms with van der Waals surface area (Å²) in [4.78, 5) is 31.3. The van der Waals surface area contributed by atoms with Gasteiger partial charge < -0.3 is 14.8 Å². The van der Waals surface area contributed by atoms with Gasteiger partial charge in [-0.05, 0) is 142 Å². The Morgan fingerprint density at radius 2 is 1.74 bits per heavy atom. The Balaban J connectivity index is 1.48. The van der Waals surface area contributed by atoms with Gasteiger partial charge in [-0.25, -0.2) is 4.98 Å². The molecule has 0 saturated carbocycles. The lowest BCUT2D eigenvalue weighted by Gasteiger charge is -2.18. The Morgan fingerprint density at radius 1 is 1.04 bits per heavy atom. The molecular formula is C35H31ClI2N4O4. The zero-order valence-electron chi connectivity index (χ0n) is 25.6. The number of para-hydroxylation sites is 1. The predicted octanol–water partition coefficient (Wildman–Crippen LogP) is 8.66. The van der Waals surface area contributed by atoms with Crippen LogP contribution in [0.5, 0.6) is 11.5 Å². The van der Waals surface area contributed by atoms with Crippen LogP contribution in [-0.2, 0) is 4.79 Å². The predicted molar refractivity (Wildman–Crippen MR) is 202 cm³/mol. The number of carbonyl (C=O) groups excluding carboxylic acids is 1. The summed E-state index contributed by atoms with van der Waals surface area (Å²) < 4.78 is 14.8. The zero-order chi connectivity index (χ0) is 33.0. The number of halogens is 3. The van der Waals surface area contributed by atoms with Gasteiger partial charge in [0.1, 0.15) is 11.5 Å². The number of nitrogens with one attached hydrogen (secondary N) is 1. The summed E-state index contributed by atoms with van der Waals surface area (Å²) in [5, 5.41) is 8.54. The van der Waals surface area contributed by atoms with E-state index in [-0.39, 0.29) is 24.0 Å². The Bertz CT molecular complexity index is 1990. The lowest BCUT2D eigenvalue weighted by Crippen LogP contribution is -2.21. The number of hydrogen-bond donors (Lipinski definition) is 1. The number of aryl methyl sites for hydroxylation is 1. The van der Waals surface area contributed by atoms with Gasteiger partial charge in [0.2, 0.25) is 0 Å². The Morgan fingerprint density at radius 3 is 2.41 bits per heavy atom. The van der Waals surface area contributed by atoms with Gasteiger partial charge in [-0.15, -0.1) is 0 Å². The van der Waals surface area contributed by atoms with Crippen molar-refractivity contribution >= 4 is 85.5 Å². The van der Waals surface area contributed by atoms with Crippen LogP contribution in [0.2, 0.25) is 5.02 Å². The number of amides is 1. The Kier molecular flexibility index (Phi) is 11.0. The van der Waals surface area contributed by atoms with E-state index in [1.54, 1.807) is 36.5 Å². The maximum atomic E-state index is 13.8. The van der Waals surface area contributed by atoms with E-state index in [2.05, 4.69) is 75.5 Å². The van der Waals surface area contributed by atoms with Gasteiger partial charge in [-0.2, -0.15) is 9.78 Å². The molecule has 1 heterocycles. The van der Waals surface area contributed by atoms with Crippen molar-refractivity contribution in [2.45, 2.75) is 33.6 Å². The van der Waals surface area contributed by atoms with E-state index in [0.29, 0.717) is 39.8 Å². The first kappa shape index (κ1) is 33.9. The number of aromatic nitrogens is 2. The monoisotopic (exact) mass is 860 g/mol. The van der Waals surface area contributed by atoms with E-state index in [4.69, 9.17) is 26.1 Å². The normalized spacial score (nSPS) is 11.4. The molecule has 0 aliphatic rings. The molecule has 236 valence electrons. The number of ether oxygens (including phenoxy) is 2. The minimum absolute atomic E-state index is 0.163. The molecule has 0 bridgehead atoms. The fourth-order valence-corrected chi connectivity index (χ4v) is 7.11. The molecule has 11 heteroatoms. The first-order chi connectivity index (χ1) is 22.0. The number of fused-ring (bicyclic) bond motifs is 1. The highest BCUT2D eigenvalue weighted by Gasteiger charge is 2.19. The average Bonchev–Trinajstić information content (AvgIpc) is 3.01. The number of rotatable bonds is 10. The minimum atomic E-state index is -0.291. The molecule has 46 heavy (non-hydrogen) atoms. The fourth-order valence-electron chi connectivity index (χ4n) is 4.86. The second-order valence-electron chi connectivity index (χ2n) is 10.8. The highest BCUT2D eigenvalue weighted by atomic mass is 127. The molecule has 0 radical (unpaired) electrons. The van der Waals surface area contributed by atoms with Gasteiger partial charge in [0.25, 0.3) is 11.5 Å². The molecule has 0 unspecified atom stereocenters. The largest absolute Gasteiger partial charge is 0.494 e. The fraction of sp³-hybridized carbons (Fsp3) is 0.200. The zero-order valence-corrected chi connectivity index (χ0v) is 30.7. The van der Waals surface area contributed by atoms with Crippen molar-refractivity contribution in [1.82, 2.24) is 9.66 Å². The number of anilines is 1. The van der Waals surface area contributed by atoms with E-state index in [1.165, 1.54) is 4.68 Å². The van der Waals surface area contributed by atoms with Gasteiger partial charge in [-0.1, -0.05) is 37.6 Å². The molecule has 0 saturated heterocycles. The Labute approximate surface area is 299 Å². The van der Waals surface area contributed by atoms with Crippen LogP contribution in [-0.4, -0.2) is 35.0 Å². The third kappa shape index (κ3) is 7.72. The summed E-state index contributed by atoms with van der Waals surface area (Å²) in [5.74, 6) is 1.75. The highest BCUT2D eigenvalue weighted by Crippen LogP contribution is 2.34. The second kappa shape index (κ2) is 14.9. The van der Waals surface area contributed by atoms with E-state index in [9.17, 15) is 9.59 Å². The molecule has 0 aliphatic carbocycles. The molecule has 1 amide bonds. The third-order valence-electron chi connectivity index (χ3n) is 7.09. The molecule has 5 aromatic rings. The van der Waals surface area contributed by atoms with Crippen LogP contribution in [0.25, 0.3) is 22.3 Å². The molecule has 0 aliphatic heterocycles. The number of hydrogen-bond acceptors (Lipinski definition) is 6. The van der Waals surface area contributed by atoms with Crippen molar-refractivity contribution in [2.75, 3.05) is 18.5 Å². The molecule has 1 N–H and O–H groups in total. The topological polar surface area (TPSA) is 94.8 Å². The van der Waals surface area contributed by atoms with Gasteiger partial charge in [-0.3, -0.25) is 9.59 Å². The molecule has 5 rings (SSSR count). The van der Waals surface area contributed by atoms with Crippen molar-refractivity contribution < 1.29 is 14.3 Å². The van der Waals surface area contributed by atoms with Crippen molar-refractivity contribution in [1.29, 1.82) is 0 Å². The van der Waals surface area contributed by atoms with Crippen molar-refractivity contribution in [3.8, 4) is 22.9 Å². The third-order valence-corrected chi connectivity index (χ3v) is 8.95. The molecule has 4 aromatic carbocycles. The van der Waals surface area contributed by atoms with Crippen LogP contribution in [0.15, 0.2) is 82.7 Å². The van der Waals surface area contributed by atoms with Crippen LogP contribution in [0.3, 0.4) is 0 Å². The van der Waals surface area contributed by atoms with Crippen molar-refractivity contribution in [3.63, 3.8) is 0 Å². The maximum Gasteiger partial charge on any atom is 0.282 e. The molecule has 1 aromatic heterocycles. The van der Waals surface area contributed by atoms with Crippen LogP contribution in [0, 0.1) is 14.1 Å². The first-order valence-electron chi connectivity index (χ1n) is 14.6. The van der Waals surface area contributed by atoms with Crippen LogP contribution in [0.1, 0.15) is 43.4 Å². The standard InChI is InChI=1S/C35H31ClI2N4O4/c1-5-45-31-14-21(4)27(17-26(31)20(2)3)34-41-30-9-7-6-8-25(30)35(44)42(34)39-18-22-15-28(37)33(29(38)16-22)46-19-32(43)40-24-12-10-23(36)11-13-24/h6-18,20H,5,19H2,1-4H3,(H,40,43). The SMILES string of the molecule is CCOc1cc(C)c(-c2nc3ccccc3c(=O)n2N=Cc2cc(I)c(OCC(=O)Nc3ccc(Cl)cc3)c(I)c2)cc1C(C)C. The lowest BCUT2D eigenvalue weighted by molar-refractivity contribution is -0.118. The maximum absolute atomic E-state index is 13.8. The van der Waals surface area contributed by atoms with Gasteiger partial charge in [0, 0.05) is 16.3 Å². The summed E-state index contributed by atoms with van der Waals surface area (Å²) in [6, 6.07) is 22.0. The number of benzene rings is 4. The summed E-state index contributed by atoms with van der Waals surface area (Å²) in [6.07, 6.45) is 1.63. The minimum Gasteiger partial charge on any atom is -0.494 e. The highest BCUT2D eigenvalue weighted by molar-refractivity contribution is 14.1. The summed E-state index contributed by atoms with van der Waals surface area (Å²) >= 11 is 10.3. The van der Waals surface area contributed by atoms with E-state index in [0.717, 1.165) is 35.1 Å². The average molecular weight is 861 g/mol. The van der Waals surface area contributed by atoms with Crippen LogP contribution >= 0.6 is 56.8 Å². The number of nitrogens with zero attached hydrogens (tertiary/aromatic N) is 3. The van der Waals surface area contributed by atoms with Crippen molar-refractivity contribution in [3.05, 3.63) is 112 Å². The van der Waals surface area contributed by atoms with Crippen LogP contribution in [0.4, 0.5) is 5.69 Å². The quantitative estimate of drug-likeness (QED) is 0.112. The van der Waals surface area contributed by atoms with Gasteiger partial charge >= 0.3 is 0 Å². The van der Waals surface area contributed by atoms with Crippen molar-refractivity contribution in [2.24, 2.45) is 5.10 Å². The second-order valence-corrected chi connectivity index (χ2v) is 13.5. The van der Waals surface area contributed by atoms with E-state index < -0.39 is 0 Å². The molecule has 8 nitrogen and oxygen atoms in total. The number of carbonyl (C=O) groups is 1.